The molecule has 0 aliphatic carbocycles. The fourth-order valence-electron chi connectivity index (χ4n) is 3.61. The summed E-state index contributed by atoms with van der Waals surface area (Å²) >= 11 is 18.0. The summed E-state index contributed by atoms with van der Waals surface area (Å²) in [5.74, 6) is -0.449. The summed E-state index contributed by atoms with van der Waals surface area (Å²) in [6.45, 7) is 0.941. The number of likely N-dealkylation sites (tertiary alicyclic amines) is 1. The molecule has 2 aromatic carbocycles. The maximum atomic E-state index is 12.7. The highest BCUT2D eigenvalue weighted by atomic mass is 35.5. The molecule has 0 radical (unpaired) electrons. The van der Waals surface area contributed by atoms with E-state index in [0.717, 1.165) is 5.56 Å². The Morgan fingerprint density at radius 2 is 1.73 bits per heavy atom. The number of hydrogen-bond acceptors (Lipinski definition) is 3. The number of carbonyl (C=O) groups excluding carboxylic acids is 2. The van der Waals surface area contributed by atoms with E-state index in [4.69, 9.17) is 39.5 Å². The molecule has 0 aromatic heterocycles. The van der Waals surface area contributed by atoms with Gasteiger partial charge in [0.25, 0.3) is 5.91 Å². The lowest BCUT2D eigenvalue weighted by Gasteiger charge is -2.38. The summed E-state index contributed by atoms with van der Waals surface area (Å²) in [5.41, 5.74) is 1.16. The average molecular weight is 411 g/mol. The van der Waals surface area contributed by atoms with E-state index in [0.29, 0.717) is 52.1 Å². The molecule has 134 valence electrons. The number of piperidine rings is 1. The molecule has 1 fully saturated rings. The largest absolute Gasteiger partial charge is 0.450 e. The van der Waals surface area contributed by atoms with Gasteiger partial charge in [-0.2, -0.15) is 0 Å². The summed E-state index contributed by atoms with van der Waals surface area (Å²) in [5, 5.41) is 1.32. The lowest BCUT2D eigenvalue weighted by molar-refractivity contribution is -0.0389. The van der Waals surface area contributed by atoms with Gasteiger partial charge in [0.1, 0.15) is 5.60 Å². The predicted octanol–water partition coefficient (Wildman–Crippen LogP) is 4.95. The van der Waals surface area contributed by atoms with E-state index in [1.807, 2.05) is 0 Å². The maximum Gasteiger partial charge on any atom is 0.339 e. The summed E-state index contributed by atoms with van der Waals surface area (Å²) in [4.78, 5) is 26.6. The minimum Gasteiger partial charge on any atom is -0.450 e. The second-order valence-electron chi connectivity index (χ2n) is 6.49. The molecule has 1 saturated heterocycles. The second kappa shape index (κ2) is 6.45. The van der Waals surface area contributed by atoms with Crippen LogP contribution in [-0.4, -0.2) is 29.9 Å². The summed E-state index contributed by atoms with van der Waals surface area (Å²) in [7, 11) is 0. The van der Waals surface area contributed by atoms with Crippen LogP contribution >= 0.6 is 34.8 Å². The van der Waals surface area contributed by atoms with E-state index in [1.165, 1.54) is 0 Å². The Morgan fingerprint density at radius 1 is 1.00 bits per heavy atom. The van der Waals surface area contributed by atoms with Crippen molar-refractivity contribution in [2.45, 2.75) is 18.4 Å². The molecular formula is C19H14Cl3NO3. The molecular weight excluding hydrogens is 397 g/mol. The maximum absolute atomic E-state index is 12.7. The number of nitrogens with zero attached hydrogens (tertiary/aromatic N) is 1. The van der Waals surface area contributed by atoms with E-state index >= 15 is 0 Å². The lowest BCUT2D eigenvalue weighted by atomic mass is 9.83. The molecule has 0 N–H and O–H groups in total. The van der Waals surface area contributed by atoms with Gasteiger partial charge in [-0.15, -0.1) is 0 Å². The average Bonchev–Trinajstić information content (AvgIpc) is 2.89. The number of fused-ring (bicyclic) bond motifs is 2. The molecule has 1 amide bonds. The lowest BCUT2D eigenvalue weighted by Crippen LogP contribution is -2.45. The first-order valence-electron chi connectivity index (χ1n) is 8.17. The van der Waals surface area contributed by atoms with Gasteiger partial charge in [0.2, 0.25) is 0 Å². The van der Waals surface area contributed by atoms with E-state index in [9.17, 15) is 9.59 Å². The van der Waals surface area contributed by atoms with Crippen LogP contribution in [0.3, 0.4) is 0 Å². The number of amides is 1. The normalized spacial score (nSPS) is 18.0. The third kappa shape index (κ3) is 2.86. The zero-order valence-electron chi connectivity index (χ0n) is 13.6. The van der Waals surface area contributed by atoms with Crippen LogP contribution in [0.1, 0.15) is 39.1 Å². The molecule has 7 heteroatoms. The van der Waals surface area contributed by atoms with Crippen molar-refractivity contribution in [2.75, 3.05) is 13.1 Å². The standard InChI is InChI=1S/C19H14Cl3NO3/c20-12-2-3-13-14(10-12)19(26-18(13)25)5-7-23(8-6-19)17(24)11-1-4-15(21)16(22)9-11/h1-4,9-10H,5-8H2. The molecule has 2 aromatic rings. The van der Waals surface area contributed by atoms with Crippen LogP contribution in [0.25, 0.3) is 0 Å². The SMILES string of the molecule is O=C1OC2(CCN(C(=O)c3ccc(Cl)c(Cl)c3)CC2)c2cc(Cl)ccc21. The Labute approximate surface area is 165 Å². The summed E-state index contributed by atoms with van der Waals surface area (Å²) in [6.07, 6.45) is 1.05. The zero-order valence-corrected chi connectivity index (χ0v) is 15.9. The van der Waals surface area contributed by atoms with Gasteiger partial charge < -0.3 is 9.64 Å². The highest BCUT2D eigenvalue weighted by molar-refractivity contribution is 6.42. The van der Waals surface area contributed by atoms with Crippen LogP contribution < -0.4 is 0 Å². The molecule has 0 unspecified atom stereocenters. The van der Waals surface area contributed by atoms with Crippen LogP contribution in [0.4, 0.5) is 0 Å². The number of hydrogen-bond donors (Lipinski definition) is 0. The second-order valence-corrected chi connectivity index (χ2v) is 7.75. The topological polar surface area (TPSA) is 46.6 Å². The minimum atomic E-state index is -0.703. The number of ether oxygens (including phenoxy) is 1. The number of rotatable bonds is 1. The van der Waals surface area contributed by atoms with E-state index < -0.39 is 5.60 Å². The molecule has 4 nitrogen and oxygen atoms in total. The molecule has 0 saturated carbocycles. The van der Waals surface area contributed by atoms with E-state index in [-0.39, 0.29) is 11.9 Å². The van der Waals surface area contributed by atoms with Gasteiger partial charge in [-0.3, -0.25) is 4.79 Å². The molecule has 2 aliphatic rings. The molecule has 26 heavy (non-hydrogen) atoms. The third-order valence-electron chi connectivity index (χ3n) is 5.01. The number of esters is 1. The zero-order chi connectivity index (χ0) is 18.5. The first-order valence-corrected chi connectivity index (χ1v) is 9.31. The highest BCUT2D eigenvalue weighted by Gasteiger charge is 2.48. The van der Waals surface area contributed by atoms with Crippen molar-refractivity contribution >= 4 is 46.7 Å². The van der Waals surface area contributed by atoms with Crippen molar-refractivity contribution in [2.24, 2.45) is 0 Å². The third-order valence-corrected chi connectivity index (χ3v) is 5.98. The van der Waals surface area contributed by atoms with Crippen LogP contribution in [0.15, 0.2) is 36.4 Å². The number of carbonyl (C=O) groups is 2. The van der Waals surface area contributed by atoms with Gasteiger partial charge in [-0.05, 0) is 36.4 Å². The Morgan fingerprint density at radius 3 is 2.42 bits per heavy atom. The summed E-state index contributed by atoms with van der Waals surface area (Å²) in [6, 6.07) is 10.0. The first kappa shape index (κ1) is 17.7. The predicted molar refractivity (Wildman–Crippen MR) is 100 cm³/mol. The van der Waals surface area contributed by atoms with Crippen LogP contribution in [0.5, 0.6) is 0 Å². The molecule has 0 bridgehead atoms. The van der Waals surface area contributed by atoms with E-state index in [2.05, 4.69) is 0 Å². The van der Waals surface area contributed by atoms with Gasteiger partial charge in [0.05, 0.1) is 15.6 Å². The van der Waals surface area contributed by atoms with Crippen molar-refractivity contribution in [1.29, 1.82) is 0 Å². The number of benzene rings is 2. The van der Waals surface area contributed by atoms with Gasteiger partial charge in [0, 0.05) is 42.1 Å². The molecule has 0 atom stereocenters. The van der Waals surface area contributed by atoms with Gasteiger partial charge in [-0.25, -0.2) is 4.79 Å². The fraction of sp³-hybridized carbons (Fsp3) is 0.263. The minimum absolute atomic E-state index is 0.117. The molecule has 1 spiro atoms. The Kier molecular flexibility index (Phi) is 4.38. The summed E-state index contributed by atoms with van der Waals surface area (Å²) < 4.78 is 5.71. The van der Waals surface area contributed by atoms with Crippen LogP contribution in [0, 0.1) is 0 Å². The molecule has 2 heterocycles. The number of halogens is 3. The Balaban J connectivity index is 1.55. The Hall–Kier alpha value is -1.75. The highest BCUT2D eigenvalue weighted by Crippen LogP contribution is 2.45. The Bertz CT molecular complexity index is 920. The van der Waals surface area contributed by atoms with Crippen molar-refractivity contribution < 1.29 is 14.3 Å². The van der Waals surface area contributed by atoms with Crippen molar-refractivity contribution in [1.82, 2.24) is 4.90 Å². The van der Waals surface area contributed by atoms with Crippen LogP contribution in [-0.2, 0) is 10.3 Å². The van der Waals surface area contributed by atoms with Gasteiger partial charge >= 0.3 is 5.97 Å². The van der Waals surface area contributed by atoms with Gasteiger partial charge in [-0.1, -0.05) is 34.8 Å². The quantitative estimate of drug-likeness (QED) is 0.625. The van der Waals surface area contributed by atoms with Crippen molar-refractivity contribution in [3.63, 3.8) is 0 Å². The van der Waals surface area contributed by atoms with E-state index in [1.54, 1.807) is 41.3 Å². The molecule has 4 rings (SSSR count). The molecule has 2 aliphatic heterocycles. The van der Waals surface area contributed by atoms with Gasteiger partial charge in [0.15, 0.2) is 0 Å². The monoisotopic (exact) mass is 409 g/mol. The van der Waals surface area contributed by atoms with Crippen molar-refractivity contribution in [3.8, 4) is 0 Å². The van der Waals surface area contributed by atoms with Crippen LogP contribution in [0.2, 0.25) is 15.1 Å². The smallest absolute Gasteiger partial charge is 0.339 e. The first-order chi connectivity index (χ1) is 12.4. The fourth-order valence-corrected chi connectivity index (χ4v) is 4.08. The van der Waals surface area contributed by atoms with Crippen molar-refractivity contribution in [3.05, 3.63) is 68.2 Å².